The van der Waals surface area contributed by atoms with Gasteiger partial charge in [-0.25, -0.2) is 0 Å². The third-order valence-corrected chi connectivity index (χ3v) is 4.52. The second kappa shape index (κ2) is 7.94. The summed E-state index contributed by atoms with van der Waals surface area (Å²) in [5.41, 5.74) is 5.89. The highest BCUT2D eigenvalue weighted by atomic mass is 79.9. The number of hydrogen-bond donors (Lipinski definition) is 3. The zero-order valence-electron chi connectivity index (χ0n) is 14.6. The summed E-state index contributed by atoms with van der Waals surface area (Å²) in [7, 11) is 0. The molecule has 2 rings (SSSR count). The summed E-state index contributed by atoms with van der Waals surface area (Å²) >= 11 is 0. The van der Waals surface area contributed by atoms with E-state index in [1.807, 2.05) is 4.90 Å². The first-order chi connectivity index (χ1) is 10.2. The van der Waals surface area contributed by atoms with Crippen LogP contribution in [0, 0.1) is 0 Å². The Balaban J connectivity index is 0.00000264. The van der Waals surface area contributed by atoms with E-state index in [4.69, 9.17) is 5.73 Å². The van der Waals surface area contributed by atoms with Crippen molar-refractivity contribution in [2.45, 2.75) is 83.1 Å². The van der Waals surface area contributed by atoms with Gasteiger partial charge in [0, 0.05) is 25.0 Å². The minimum absolute atomic E-state index is 0. The first-order valence-electron chi connectivity index (χ1n) is 8.28. The molecular weight excluding hydrogens is 360 g/mol. The van der Waals surface area contributed by atoms with Crippen LogP contribution in [0.2, 0.25) is 0 Å². The first-order valence-corrected chi connectivity index (χ1v) is 8.28. The van der Waals surface area contributed by atoms with Gasteiger partial charge in [-0.15, -0.1) is 17.0 Å². The molecule has 0 unspecified atom stereocenters. The van der Waals surface area contributed by atoms with Crippen LogP contribution in [-0.4, -0.2) is 53.0 Å². The SMILES string of the molecule is Br.CC(=O)N[C@@H]1C[C@H](NC(C)(C)C)CC[C@@H]1N1CC[C@H](N)C1=O. The van der Waals surface area contributed by atoms with Crippen molar-refractivity contribution in [2.24, 2.45) is 5.73 Å². The molecule has 1 saturated heterocycles. The van der Waals surface area contributed by atoms with Gasteiger partial charge in [0.2, 0.25) is 11.8 Å². The number of nitrogens with one attached hydrogen (secondary N) is 2. The normalized spacial score (nSPS) is 31.7. The minimum atomic E-state index is -0.372. The van der Waals surface area contributed by atoms with Crippen LogP contribution < -0.4 is 16.4 Å². The Morgan fingerprint density at radius 3 is 2.39 bits per heavy atom. The molecule has 0 radical (unpaired) electrons. The number of likely N-dealkylation sites (tertiary alicyclic amines) is 1. The molecule has 0 aromatic rings. The van der Waals surface area contributed by atoms with Gasteiger partial charge in [0.15, 0.2) is 0 Å². The Bertz CT molecular complexity index is 438. The van der Waals surface area contributed by atoms with Crippen LogP contribution in [0.15, 0.2) is 0 Å². The van der Waals surface area contributed by atoms with E-state index in [2.05, 4.69) is 31.4 Å². The zero-order chi connectivity index (χ0) is 16.5. The fraction of sp³-hybridized carbons (Fsp3) is 0.875. The van der Waals surface area contributed by atoms with E-state index in [0.717, 1.165) is 19.3 Å². The summed E-state index contributed by atoms with van der Waals surface area (Å²) in [6.07, 6.45) is 3.47. The number of carbonyl (C=O) groups is 2. The number of hydrogen-bond acceptors (Lipinski definition) is 4. The number of nitrogens with zero attached hydrogens (tertiary/aromatic N) is 1. The third-order valence-electron chi connectivity index (χ3n) is 4.52. The lowest BCUT2D eigenvalue weighted by molar-refractivity contribution is -0.133. The lowest BCUT2D eigenvalue weighted by Crippen LogP contribution is -2.59. The number of carbonyl (C=O) groups excluding carboxylic acids is 2. The molecular formula is C16H31BrN4O2. The molecule has 2 aliphatic rings. The van der Waals surface area contributed by atoms with Gasteiger partial charge in [-0.2, -0.15) is 0 Å². The fourth-order valence-electron chi connectivity index (χ4n) is 3.74. The molecule has 2 fully saturated rings. The van der Waals surface area contributed by atoms with E-state index >= 15 is 0 Å². The van der Waals surface area contributed by atoms with Gasteiger partial charge in [0.25, 0.3) is 0 Å². The molecule has 0 aromatic heterocycles. The molecule has 4 atom stereocenters. The summed E-state index contributed by atoms with van der Waals surface area (Å²) in [4.78, 5) is 25.7. The predicted molar refractivity (Wildman–Crippen MR) is 96.5 cm³/mol. The van der Waals surface area contributed by atoms with Crippen molar-refractivity contribution in [3.05, 3.63) is 0 Å². The van der Waals surface area contributed by atoms with Crippen LogP contribution in [0.4, 0.5) is 0 Å². The third kappa shape index (κ3) is 5.43. The molecule has 1 aliphatic heterocycles. The smallest absolute Gasteiger partial charge is 0.239 e. The lowest BCUT2D eigenvalue weighted by atomic mass is 9.84. The zero-order valence-corrected chi connectivity index (χ0v) is 16.3. The number of nitrogens with two attached hydrogens (primary N) is 1. The highest BCUT2D eigenvalue weighted by Crippen LogP contribution is 2.28. The van der Waals surface area contributed by atoms with Crippen molar-refractivity contribution in [1.82, 2.24) is 15.5 Å². The standard InChI is InChI=1S/C16H30N4O2.BrH/c1-10(21)18-13-9-11(19-16(2,3)4)5-6-14(13)20-8-7-12(17)15(20)22;/h11-14,19H,5-9,17H2,1-4H3,(H,18,21);1H/t11-,12+,13-,14+;/m1./s1. The molecule has 1 heterocycles. The Hall–Kier alpha value is -0.660. The van der Waals surface area contributed by atoms with Gasteiger partial charge in [0.05, 0.1) is 18.1 Å². The highest BCUT2D eigenvalue weighted by molar-refractivity contribution is 8.93. The molecule has 0 aromatic carbocycles. The number of amides is 2. The lowest BCUT2D eigenvalue weighted by Gasteiger charge is -2.43. The molecule has 0 spiro atoms. The second-order valence-electron chi connectivity index (χ2n) is 7.71. The molecule has 6 nitrogen and oxygen atoms in total. The van der Waals surface area contributed by atoms with Gasteiger partial charge >= 0.3 is 0 Å². The maximum Gasteiger partial charge on any atom is 0.239 e. The average molecular weight is 391 g/mol. The van der Waals surface area contributed by atoms with Gasteiger partial charge < -0.3 is 21.3 Å². The topological polar surface area (TPSA) is 87.5 Å². The summed E-state index contributed by atoms with van der Waals surface area (Å²) in [6, 6.07) is 0.0613. The minimum Gasteiger partial charge on any atom is -0.351 e. The Morgan fingerprint density at radius 2 is 1.91 bits per heavy atom. The highest BCUT2D eigenvalue weighted by Gasteiger charge is 2.41. The van der Waals surface area contributed by atoms with Crippen LogP contribution in [0.5, 0.6) is 0 Å². The maximum absolute atomic E-state index is 12.2. The Kier molecular flexibility index (Phi) is 7.04. The molecule has 0 bridgehead atoms. The van der Waals surface area contributed by atoms with E-state index in [1.54, 1.807) is 0 Å². The average Bonchev–Trinajstić information content (AvgIpc) is 2.68. The Labute approximate surface area is 149 Å². The molecule has 1 aliphatic carbocycles. The van der Waals surface area contributed by atoms with E-state index in [0.29, 0.717) is 19.0 Å². The largest absolute Gasteiger partial charge is 0.351 e. The second-order valence-corrected chi connectivity index (χ2v) is 7.71. The van der Waals surface area contributed by atoms with Crippen molar-refractivity contribution >= 4 is 28.8 Å². The van der Waals surface area contributed by atoms with E-state index in [9.17, 15) is 9.59 Å². The van der Waals surface area contributed by atoms with Crippen molar-refractivity contribution < 1.29 is 9.59 Å². The predicted octanol–water partition coefficient (Wildman–Crippen LogP) is 0.938. The quantitative estimate of drug-likeness (QED) is 0.668. The van der Waals surface area contributed by atoms with Crippen molar-refractivity contribution in [2.75, 3.05) is 6.54 Å². The molecule has 2 amide bonds. The summed E-state index contributed by atoms with van der Waals surface area (Å²) < 4.78 is 0. The van der Waals surface area contributed by atoms with Crippen LogP contribution in [0.25, 0.3) is 0 Å². The summed E-state index contributed by atoms with van der Waals surface area (Å²) in [5.74, 6) is -0.00932. The number of rotatable bonds is 3. The van der Waals surface area contributed by atoms with Crippen molar-refractivity contribution in [3.8, 4) is 0 Å². The molecule has 1 saturated carbocycles. The molecule has 134 valence electrons. The van der Waals surface area contributed by atoms with E-state index in [-0.39, 0.29) is 52.5 Å². The van der Waals surface area contributed by atoms with Gasteiger partial charge in [0.1, 0.15) is 0 Å². The fourth-order valence-corrected chi connectivity index (χ4v) is 3.74. The Morgan fingerprint density at radius 1 is 1.26 bits per heavy atom. The first kappa shape index (κ1) is 20.4. The number of halogens is 1. The van der Waals surface area contributed by atoms with Gasteiger partial charge in [-0.05, 0) is 46.5 Å². The maximum atomic E-state index is 12.2. The summed E-state index contributed by atoms with van der Waals surface area (Å²) in [6.45, 7) is 8.69. The molecule has 7 heteroatoms. The van der Waals surface area contributed by atoms with E-state index < -0.39 is 0 Å². The van der Waals surface area contributed by atoms with Crippen molar-refractivity contribution in [1.29, 1.82) is 0 Å². The van der Waals surface area contributed by atoms with Crippen LogP contribution >= 0.6 is 17.0 Å². The van der Waals surface area contributed by atoms with Crippen LogP contribution in [-0.2, 0) is 9.59 Å². The van der Waals surface area contributed by atoms with Crippen LogP contribution in [0.3, 0.4) is 0 Å². The molecule has 4 N–H and O–H groups in total. The van der Waals surface area contributed by atoms with E-state index in [1.165, 1.54) is 6.92 Å². The van der Waals surface area contributed by atoms with Gasteiger partial charge in [-0.1, -0.05) is 0 Å². The summed E-state index contributed by atoms with van der Waals surface area (Å²) in [5, 5.41) is 6.66. The monoisotopic (exact) mass is 390 g/mol. The van der Waals surface area contributed by atoms with Crippen molar-refractivity contribution in [3.63, 3.8) is 0 Å². The van der Waals surface area contributed by atoms with Gasteiger partial charge in [-0.3, -0.25) is 9.59 Å². The molecule has 23 heavy (non-hydrogen) atoms. The van der Waals surface area contributed by atoms with Crippen LogP contribution in [0.1, 0.15) is 53.4 Å².